The molecule has 0 aliphatic rings. The highest BCUT2D eigenvalue weighted by atomic mass is 35.5. The minimum absolute atomic E-state index is 0.0417. The van der Waals surface area contributed by atoms with E-state index in [-0.39, 0.29) is 26.2 Å². The lowest BCUT2D eigenvalue weighted by Gasteiger charge is -2.24. The third-order valence-corrected chi connectivity index (χ3v) is 6.87. The summed E-state index contributed by atoms with van der Waals surface area (Å²) in [5.41, 5.74) is 2.22. The molecule has 3 aromatic carbocycles. The molecule has 0 fully saturated rings. The second kappa shape index (κ2) is 10.7. The van der Waals surface area contributed by atoms with Gasteiger partial charge in [-0.3, -0.25) is 9.10 Å². The second-order valence-corrected chi connectivity index (χ2v) is 10.1. The van der Waals surface area contributed by atoms with E-state index in [1.165, 1.54) is 42.5 Å². The Bertz CT molecular complexity index is 1340. The van der Waals surface area contributed by atoms with Gasteiger partial charge >= 0.3 is 6.18 Å². The molecule has 0 saturated heterocycles. The Labute approximate surface area is 210 Å². The standard InChI is InChI=1S/C23H18Cl2F3N3O3S/c1-15-5-7-21(8-6-15)35(33,34)31(20-11-18(24)10-19(25)12-20)14-22(32)30-29-13-16-3-2-4-17(9-16)23(26,27)28/h2-13H,14H2,1H3,(H,30,32)/b29-13-. The topological polar surface area (TPSA) is 78.8 Å². The van der Waals surface area contributed by atoms with Crippen molar-refractivity contribution in [2.75, 3.05) is 10.8 Å². The maximum absolute atomic E-state index is 13.3. The van der Waals surface area contributed by atoms with Gasteiger partial charge in [-0.2, -0.15) is 18.3 Å². The number of benzene rings is 3. The van der Waals surface area contributed by atoms with E-state index in [4.69, 9.17) is 23.2 Å². The van der Waals surface area contributed by atoms with Crippen molar-refractivity contribution in [1.29, 1.82) is 0 Å². The van der Waals surface area contributed by atoms with E-state index < -0.39 is 34.2 Å². The smallest absolute Gasteiger partial charge is 0.271 e. The molecule has 0 heterocycles. The van der Waals surface area contributed by atoms with Gasteiger partial charge in [0.15, 0.2) is 0 Å². The Balaban J connectivity index is 1.86. The minimum atomic E-state index is -4.53. The van der Waals surface area contributed by atoms with E-state index in [0.29, 0.717) is 0 Å². The predicted molar refractivity (Wildman–Crippen MR) is 129 cm³/mol. The van der Waals surface area contributed by atoms with Crippen LogP contribution in [0.15, 0.2) is 76.7 Å². The molecular formula is C23H18Cl2F3N3O3S. The van der Waals surface area contributed by atoms with Gasteiger partial charge in [-0.1, -0.05) is 53.0 Å². The summed E-state index contributed by atoms with van der Waals surface area (Å²) in [6, 6.07) is 14.4. The van der Waals surface area contributed by atoms with Crippen LogP contribution in [0.25, 0.3) is 0 Å². The highest BCUT2D eigenvalue weighted by molar-refractivity contribution is 7.92. The van der Waals surface area contributed by atoms with Gasteiger partial charge in [0.2, 0.25) is 0 Å². The molecule has 1 amide bonds. The van der Waals surface area contributed by atoms with Crippen LogP contribution in [-0.4, -0.2) is 27.1 Å². The Morgan fingerprint density at radius 2 is 1.66 bits per heavy atom. The normalized spacial score (nSPS) is 12.1. The van der Waals surface area contributed by atoms with Crippen molar-refractivity contribution in [1.82, 2.24) is 5.43 Å². The Hall–Kier alpha value is -3.08. The zero-order valence-corrected chi connectivity index (χ0v) is 20.4. The first-order valence-electron chi connectivity index (χ1n) is 9.91. The van der Waals surface area contributed by atoms with Crippen LogP contribution in [0.1, 0.15) is 16.7 Å². The molecule has 0 spiro atoms. The number of hydrogen-bond acceptors (Lipinski definition) is 4. The van der Waals surface area contributed by atoms with Gasteiger partial charge < -0.3 is 0 Å². The Morgan fingerprint density at radius 1 is 1.03 bits per heavy atom. The molecule has 3 aromatic rings. The van der Waals surface area contributed by atoms with E-state index in [1.54, 1.807) is 19.1 Å². The monoisotopic (exact) mass is 543 g/mol. The summed E-state index contributed by atoms with van der Waals surface area (Å²) >= 11 is 12.1. The van der Waals surface area contributed by atoms with Gasteiger partial charge in [0.1, 0.15) is 6.54 Å². The van der Waals surface area contributed by atoms with Gasteiger partial charge in [0.25, 0.3) is 15.9 Å². The SMILES string of the molecule is Cc1ccc(S(=O)(=O)N(CC(=O)N/N=C\c2cccc(C(F)(F)F)c2)c2cc(Cl)cc(Cl)c2)cc1. The van der Waals surface area contributed by atoms with Crippen molar-refractivity contribution in [3.8, 4) is 0 Å². The van der Waals surface area contributed by atoms with Gasteiger partial charge in [-0.25, -0.2) is 13.8 Å². The number of carbonyl (C=O) groups is 1. The first-order chi connectivity index (χ1) is 16.4. The van der Waals surface area contributed by atoms with Gasteiger partial charge in [0, 0.05) is 10.0 Å². The summed E-state index contributed by atoms with van der Waals surface area (Å²) in [4.78, 5) is 12.5. The molecule has 0 unspecified atom stereocenters. The molecule has 0 aliphatic carbocycles. The first-order valence-corrected chi connectivity index (χ1v) is 12.1. The molecule has 0 aromatic heterocycles. The van der Waals surface area contributed by atoms with Crippen molar-refractivity contribution in [3.63, 3.8) is 0 Å². The molecule has 3 rings (SSSR count). The number of hydrazone groups is 1. The number of rotatable bonds is 7. The van der Waals surface area contributed by atoms with Gasteiger partial charge in [-0.05, 0) is 55.0 Å². The van der Waals surface area contributed by atoms with E-state index in [2.05, 4.69) is 10.5 Å². The van der Waals surface area contributed by atoms with Crippen LogP contribution in [0.4, 0.5) is 18.9 Å². The molecule has 1 N–H and O–H groups in total. The van der Waals surface area contributed by atoms with Gasteiger partial charge in [0.05, 0.1) is 22.4 Å². The lowest BCUT2D eigenvalue weighted by atomic mass is 10.1. The maximum atomic E-state index is 13.3. The second-order valence-electron chi connectivity index (χ2n) is 7.37. The molecule has 0 radical (unpaired) electrons. The maximum Gasteiger partial charge on any atom is 0.416 e. The number of alkyl halides is 3. The number of aryl methyl sites for hydroxylation is 1. The summed E-state index contributed by atoms with van der Waals surface area (Å²) < 4.78 is 66.1. The summed E-state index contributed by atoms with van der Waals surface area (Å²) in [5, 5.41) is 3.95. The van der Waals surface area contributed by atoms with E-state index in [1.807, 2.05) is 0 Å². The van der Waals surface area contributed by atoms with Crippen molar-refractivity contribution < 1.29 is 26.4 Å². The molecule has 0 atom stereocenters. The van der Waals surface area contributed by atoms with Crippen molar-refractivity contribution in [2.45, 2.75) is 18.0 Å². The number of hydrogen-bond donors (Lipinski definition) is 1. The number of nitrogens with one attached hydrogen (secondary N) is 1. The fourth-order valence-corrected chi connectivity index (χ4v) is 4.89. The van der Waals surface area contributed by atoms with Crippen LogP contribution >= 0.6 is 23.2 Å². The zero-order chi connectivity index (χ0) is 25.8. The molecule has 12 heteroatoms. The largest absolute Gasteiger partial charge is 0.416 e. The number of anilines is 1. The fraction of sp³-hybridized carbons (Fsp3) is 0.130. The number of sulfonamides is 1. The summed E-state index contributed by atoms with van der Waals surface area (Å²) in [6.07, 6.45) is -3.52. The highest BCUT2D eigenvalue weighted by Crippen LogP contribution is 2.30. The highest BCUT2D eigenvalue weighted by Gasteiger charge is 2.30. The summed E-state index contributed by atoms with van der Waals surface area (Å²) in [5.74, 6) is -0.847. The van der Waals surface area contributed by atoms with E-state index in [0.717, 1.165) is 28.2 Å². The first kappa shape index (κ1) is 26.5. The molecule has 184 valence electrons. The molecule has 0 bridgehead atoms. The van der Waals surface area contributed by atoms with Crippen molar-refractivity contribution in [3.05, 3.63) is 93.5 Å². The lowest BCUT2D eigenvalue weighted by molar-refractivity contribution is -0.137. The number of carbonyl (C=O) groups excluding carboxylic acids is 1. The van der Waals surface area contributed by atoms with E-state index >= 15 is 0 Å². The lowest BCUT2D eigenvalue weighted by Crippen LogP contribution is -2.39. The molecular weight excluding hydrogens is 526 g/mol. The summed E-state index contributed by atoms with van der Waals surface area (Å²) in [7, 11) is -4.22. The van der Waals surface area contributed by atoms with Crippen LogP contribution in [0.3, 0.4) is 0 Å². The van der Waals surface area contributed by atoms with Crippen LogP contribution in [0, 0.1) is 6.92 Å². The molecule has 0 saturated carbocycles. The van der Waals surface area contributed by atoms with Crippen LogP contribution < -0.4 is 9.73 Å². The number of halogens is 5. The number of amides is 1. The van der Waals surface area contributed by atoms with Gasteiger partial charge in [-0.15, -0.1) is 0 Å². The quantitative estimate of drug-likeness (QED) is 0.308. The molecule has 35 heavy (non-hydrogen) atoms. The van der Waals surface area contributed by atoms with Crippen LogP contribution in [0.5, 0.6) is 0 Å². The average Bonchev–Trinajstić information content (AvgIpc) is 2.76. The zero-order valence-electron chi connectivity index (χ0n) is 18.1. The Morgan fingerprint density at radius 3 is 2.26 bits per heavy atom. The van der Waals surface area contributed by atoms with Crippen molar-refractivity contribution >= 4 is 51.0 Å². The van der Waals surface area contributed by atoms with Crippen molar-refractivity contribution in [2.24, 2.45) is 5.10 Å². The third-order valence-electron chi connectivity index (χ3n) is 4.65. The molecule has 0 aliphatic heterocycles. The molecule has 6 nitrogen and oxygen atoms in total. The van der Waals surface area contributed by atoms with Crippen LogP contribution in [-0.2, 0) is 21.0 Å². The number of nitrogens with zero attached hydrogens (tertiary/aromatic N) is 2. The average molecular weight is 544 g/mol. The van der Waals surface area contributed by atoms with Crippen LogP contribution in [0.2, 0.25) is 10.0 Å². The Kier molecular flexibility index (Phi) is 8.09. The summed E-state index contributed by atoms with van der Waals surface area (Å²) in [6.45, 7) is 1.09. The minimum Gasteiger partial charge on any atom is -0.271 e. The fourth-order valence-electron chi connectivity index (χ4n) is 2.98. The van der Waals surface area contributed by atoms with E-state index in [9.17, 15) is 26.4 Å². The third kappa shape index (κ3) is 6.97. The predicted octanol–water partition coefficient (Wildman–Crippen LogP) is 5.67.